The number of hydrogen-bond acceptors (Lipinski definition) is 4. The van der Waals surface area contributed by atoms with E-state index >= 15 is 0 Å². The molecular weight excluding hydrogens is 685 g/mol. The van der Waals surface area contributed by atoms with Crippen LogP contribution in [0.15, 0.2) is 198 Å². The summed E-state index contributed by atoms with van der Waals surface area (Å²) in [7, 11) is 0. The van der Waals surface area contributed by atoms with E-state index in [2.05, 4.69) is 18.2 Å². The third-order valence-electron chi connectivity index (χ3n) is 10.1. The molecule has 0 bridgehead atoms. The van der Waals surface area contributed by atoms with E-state index in [4.69, 9.17) is 24.9 Å². The van der Waals surface area contributed by atoms with Gasteiger partial charge in [-0.15, -0.1) is 0 Å². The molecule has 8 aromatic carbocycles. The maximum atomic E-state index is 9.84. The van der Waals surface area contributed by atoms with E-state index in [-0.39, 0.29) is 75.1 Å². The lowest BCUT2D eigenvalue weighted by Gasteiger charge is -2.10. The largest absolute Gasteiger partial charge is 0.456 e. The molecule has 5 nitrogen and oxygen atoms in total. The molecule has 262 valence electrons. The van der Waals surface area contributed by atoms with Gasteiger partial charge < -0.3 is 8.98 Å². The highest BCUT2D eigenvalue weighted by Crippen LogP contribution is 2.39. The first-order valence-corrected chi connectivity index (χ1v) is 18.2. The van der Waals surface area contributed by atoms with Crippen molar-refractivity contribution in [3.8, 4) is 62.1 Å². The molecule has 0 N–H and O–H groups in total. The Labute approximate surface area is 332 Å². The van der Waals surface area contributed by atoms with Crippen LogP contribution in [0.2, 0.25) is 0 Å². The Morgan fingerprint density at radius 3 is 1.79 bits per heavy atom. The van der Waals surface area contributed by atoms with Crippen molar-refractivity contribution in [1.82, 2.24) is 19.5 Å². The van der Waals surface area contributed by atoms with E-state index in [1.165, 1.54) is 0 Å². The number of nitrogens with zero attached hydrogens (tertiary/aromatic N) is 4. The molecular formula is C51H32N4O. The van der Waals surface area contributed by atoms with Gasteiger partial charge in [0.2, 0.25) is 0 Å². The van der Waals surface area contributed by atoms with Crippen molar-refractivity contribution in [3.63, 3.8) is 0 Å². The van der Waals surface area contributed by atoms with Gasteiger partial charge in [-0.25, -0.2) is 15.0 Å². The molecule has 0 saturated heterocycles. The molecule has 0 fully saturated rings. The number of fused-ring (bicyclic) bond motifs is 6. The highest BCUT2D eigenvalue weighted by Gasteiger charge is 2.18. The maximum absolute atomic E-state index is 9.84. The van der Waals surface area contributed by atoms with Gasteiger partial charge in [0.1, 0.15) is 11.2 Å². The minimum absolute atomic E-state index is 0.0331. The van der Waals surface area contributed by atoms with Gasteiger partial charge in [-0.1, -0.05) is 139 Å². The maximum Gasteiger partial charge on any atom is 0.164 e. The van der Waals surface area contributed by atoms with Gasteiger partial charge in [0.15, 0.2) is 17.5 Å². The molecule has 0 saturated carbocycles. The fourth-order valence-electron chi connectivity index (χ4n) is 7.47. The Balaban J connectivity index is 1.15. The first-order valence-electron chi connectivity index (χ1n) is 21.7. The minimum Gasteiger partial charge on any atom is -0.456 e. The zero-order chi connectivity index (χ0) is 43.1. The Bertz CT molecular complexity index is 3630. The third-order valence-corrected chi connectivity index (χ3v) is 10.1. The monoisotopic (exact) mass is 723 g/mol. The quantitative estimate of drug-likeness (QED) is 0.171. The fraction of sp³-hybridized carbons (Fsp3) is 0. The summed E-state index contributed by atoms with van der Waals surface area (Å²) in [5.41, 5.74) is 7.24. The van der Waals surface area contributed by atoms with E-state index in [0.717, 1.165) is 38.6 Å². The van der Waals surface area contributed by atoms with Gasteiger partial charge in [-0.2, -0.15) is 0 Å². The highest BCUT2D eigenvalue weighted by atomic mass is 16.3. The number of hydrogen-bond donors (Lipinski definition) is 0. The summed E-state index contributed by atoms with van der Waals surface area (Å²) in [6.07, 6.45) is 0. The van der Waals surface area contributed by atoms with Gasteiger partial charge in [0.25, 0.3) is 0 Å². The molecule has 0 amide bonds. The molecule has 0 radical (unpaired) electrons. The molecule has 3 heterocycles. The number of para-hydroxylation sites is 1. The second-order valence-corrected chi connectivity index (χ2v) is 13.5. The normalized spacial score (nSPS) is 13.3. The molecule has 0 spiro atoms. The molecule has 0 atom stereocenters. The second-order valence-electron chi connectivity index (χ2n) is 13.5. The topological polar surface area (TPSA) is 56.7 Å². The first kappa shape index (κ1) is 25.4. The number of aromatic nitrogens is 4. The molecule has 0 aliphatic carbocycles. The van der Waals surface area contributed by atoms with Gasteiger partial charge in [-0.05, 0) is 76.8 Å². The SMILES string of the molecule is [2H]c1c([2H])c([2H])c2c(c1[2H])c1c([2H])c(-c3nc(-c4ccccc4)nc(-c4ccc5c(c4)oc4cccc(-c6ccccc6)c45)n3)c([2H])c([2H])c1n2-c1ccc(-c2ccccc2)cc1. The van der Waals surface area contributed by atoms with E-state index < -0.39 is 12.1 Å². The zero-order valence-corrected chi connectivity index (χ0v) is 29.6. The number of furan rings is 1. The average Bonchev–Trinajstić information content (AvgIpc) is 3.90. The minimum atomic E-state index is -0.473. The van der Waals surface area contributed by atoms with Gasteiger partial charge in [0, 0.05) is 43.9 Å². The Morgan fingerprint density at radius 1 is 0.429 bits per heavy atom. The van der Waals surface area contributed by atoms with E-state index in [1.807, 2.05) is 133 Å². The van der Waals surface area contributed by atoms with Gasteiger partial charge >= 0.3 is 0 Å². The first-order chi connectivity index (χ1) is 30.7. The second kappa shape index (κ2) is 13.0. The van der Waals surface area contributed by atoms with Crippen LogP contribution < -0.4 is 0 Å². The van der Waals surface area contributed by atoms with Crippen molar-refractivity contribution >= 4 is 43.7 Å². The van der Waals surface area contributed by atoms with Crippen molar-refractivity contribution in [2.45, 2.75) is 0 Å². The molecule has 5 heteroatoms. The molecule has 0 aliphatic rings. The molecule has 0 aliphatic heterocycles. The molecule has 11 rings (SSSR count). The number of rotatable bonds is 6. The lowest BCUT2D eigenvalue weighted by atomic mass is 9.99. The molecule has 3 aromatic heterocycles. The van der Waals surface area contributed by atoms with Gasteiger partial charge in [-0.3, -0.25) is 0 Å². The summed E-state index contributed by atoms with van der Waals surface area (Å²) >= 11 is 0. The standard InChI is InChI=1S/C51H32N4O/c1-4-13-33(14-5-1)34-23-27-39(28-24-34)55-44-21-11-10-19-41(44)43-31-37(26-30-45(43)55)50-52-49(36-17-8-3-9-18-36)53-51(54-50)38-25-29-42-47(32-38)56-46-22-12-20-40(48(42)46)35-15-6-2-7-16-35/h1-32H/i10D,11D,19D,21D,26D,30D,31D. The van der Waals surface area contributed by atoms with E-state index in [1.54, 1.807) is 4.57 Å². The van der Waals surface area contributed by atoms with Crippen molar-refractivity contribution in [1.29, 1.82) is 0 Å². The van der Waals surface area contributed by atoms with Crippen LogP contribution >= 0.6 is 0 Å². The van der Waals surface area contributed by atoms with E-state index in [9.17, 15) is 4.11 Å². The average molecular weight is 724 g/mol. The van der Waals surface area contributed by atoms with Crippen molar-refractivity contribution < 1.29 is 14.0 Å². The van der Waals surface area contributed by atoms with Gasteiger partial charge in [0.05, 0.1) is 20.6 Å². The van der Waals surface area contributed by atoms with Crippen LogP contribution in [-0.4, -0.2) is 19.5 Å². The lowest BCUT2D eigenvalue weighted by molar-refractivity contribution is 0.669. The summed E-state index contributed by atoms with van der Waals surface area (Å²) in [5.74, 6) is 0.493. The summed E-state index contributed by atoms with van der Waals surface area (Å²) in [6.45, 7) is 0. The Kier molecular flexibility index (Phi) is 5.92. The predicted molar refractivity (Wildman–Crippen MR) is 229 cm³/mol. The van der Waals surface area contributed by atoms with Crippen LogP contribution in [0.3, 0.4) is 0 Å². The smallest absolute Gasteiger partial charge is 0.164 e. The lowest BCUT2D eigenvalue weighted by Crippen LogP contribution is -2.00. The third kappa shape index (κ3) is 5.37. The summed E-state index contributed by atoms with van der Waals surface area (Å²) in [6, 6.07) is 45.9. The zero-order valence-electron chi connectivity index (χ0n) is 36.6. The van der Waals surface area contributed by atoms with Crippen LogP contribution in [0, 0.1) is 0 Å². The Morgan fingerprint density at radius 2 is 1.04 bits per heavy atom. The molecule has 11 aromatic rings. The van der Waals surface area contributed by atoms with E-state index in [0.29, 0.717) is 22.4 Å². The van der Waals surface area contributed by atoms with Crippen LogP contribution in [0.4, 0.5) is 0 Å². The fourth-order valence-corrected chi connectivity index (χ4v) is 7.47. The van der Waals surface area contributed by atoms with Crippen LogP contribution in [-0.2, 0) is 0 Å². The summed E-state index contributed by atoms with van der Waals surface area (Å²) < 4.78 is 72.5. The number of benzene rings is 8. The van der Waals surface area contributed by atoms with Crippen molar-refractivity contribution in [3.05, 3.63) is 194 Å². The van der Waals surface area contributed by atoms with Crippen molar-refractivity contribution in [2.75, 3.05) is 0 Å². The molecule has 0 unspecified atom stereocenters. The van der Waals surface area contributed by atoms with Crippen LogP contribution in [0.1, 0.15) is 9.60 Å². The van der Waals surface area contributed by atoms with Crippen LogP contribution in [0.5, 0.6) is 0 Å². The molecule has 56 heavy (non-hydrogen) atoms. The Hall–Kier alpha value is -7.63. The summed E-state index contributed by atoms with van der Waals surface area (Å²) in [4.78, 5) is 14.6. The van der Waals surface area contributed by atoms with Crippen LogP contribution in [0.25, 0.3) is 106 Å². The van der Waals surface area contributed by atoms with Crippen molar-refractivity contribution in [2.24, 2.45) is 0 Å². The predicted octanol–water partition coefficient (Wildman–Crippen LogP) is 13.2. The highest BCUT2D eigenvalue weighted by molar-refractivity contribution is 6.13. The summed E-state index contributed by atoms with van der Waals surface area (Å²) in [5, 5.41) is 2.03.